The predicted molar refractivity (Wildman–Crippen MR) is 122 cm³/mol. The van der Waals surface area contributed by atoms with Crippen molar-refractivity contribution in [1.29, 1.82) is 0 Å². The molecule has 8 heteroatoms. The van der Waals surface area contributed by atoms with Crippen molar-refractivity contribution in [2.45, 2.75) is 19.4 Å². The van der Waals surface area contributed by atoms with Crippen LogP contribution in [0.3, 0.4) is 0 Å². The van der Waals surface area contributed by atoms with Gasteiger partial charge in [-0.3, -0.25) is 4.99 Å². The fourth-order valence-electron chi connectivity index (χ4n) is 3.12. The Hall–Kier alpha value is -1.66. The second-order valence-corrected chi connectivity index (χ2v) is 8.96. The van der Waals surface area contributed by atoms with Gasteiger partial charge in [0.25, 0.3) is 0 Å². The van der Waals surface area contributed by atoms with Gasteiger partial charge in [0.2, 0.25) is 0 Å². The molecule has 1 atom stereocenters. The zero-order chi connectivity index (χ0) is 20.4. The third-order valence-corrected chi connectivity index (χ3v) is 6.78. The first-order chi connectivity index (χ1) is 14.0. The molecule has 1 unspecified atom stereocenters. The Labute approximate surface area is 188 Å². The fourth-order valence-corrected chi connectivity index (χ4v) is 4.60. The number of benzene rings is 2. The summed E-state index contributed by atoms with van der Waals surface area (Å²) in [5, 5.41) is 10.1. The average Bonchev–Trinajstić information content (AvgIpc) is 3.35. The third kappa shape index (κ3) is 4.58. The molecule has 0 fully saturated rings. The number of rotatable bonds is 5. The summed E-state index contributed by atoms with van der Waals surface area (Å²) < 4.78 is 5.58. The average molecular weight is 467 g/mol. The minimum atomic E-state index is -0.195. The molecule has 2 aromatic carbocycles. The van der Waals surface area contributed by atoms with E-state index in [1.807, 2.05) is 43.3 Å². The molecular weight excluding hydrogens is 449 g/mol. The molecule has 150 valence electrons. The molecule has 0 aliphatic carbocycles. The number of nitrogens with one attached hydrogen (secondary N) is 1. The number of amidine groups is 1. The van der Waals surface area contributed by atoms with E-state index >= 15 is 0 Å². The molecule has 0 spiro atoms. The van der Waals surface area contributed by atoms with Crippen molar-refractivity contribution in [2.75, 3.05) is 12.3 Å². The van der Waals surface area contributed by atoms with E-state index in [0.29, 0.717) is 32.9 Å². The molecule has 0 bridgehead atoms. The van der Waals surface area contributed by atoms with Crippen LogP contribution in [-0.4, -0.2) is 22.6 Å². The van der Waals surface area contributed by atoms with Gasteiger partial charge < -0.3 is 9.84 Å². The van der Waals surface area contributed by atoms with Crippen LogP contribution in [0.2, 0.25) is 15.1 Å². The number of nitrogens with zero attached hydrogens (tertiary/aromatic N) is 2. The van der Waals surface area contributed by atoms with Crippen LogP contribution >= 0.6 is 46.6 Å². The van der Waals surface area contributed by atoms with Crippen LogP contribution < -0.4 is 5.32 Å². The first-order valence-electron chi connectivity index (χ1n) is 9.11. The van der Waals surface area contributed by atoms with Gasteiger partial charge in [0.15, 0.2) is 10.9 Å². The number of aliphatic imine (C=N–C) groups is 1. The quantitative estimate of drug-likeness (QED) is 0.461. The highest BCUT2D eigenvalue weighted by atomic mass is 35.5. The lowest BCUT2D eigenvalue weighted by atomic mass is 10.0. The van der Waals surface area contributed by atoms with E-state index in [4.69, 9.17) is 39.3 Å². The molecule has 4 rings (SSSR count). The third-order valence-electron chi connectivity index (χ3n) is 4.65. The summed E-state index contributed by atoms with van der Waals surface area (Å²) in [4.78, 5) is 4.49. The highest BCUT2D eigenvalue weighted by Crippen LogP contribution is 2.36. The van der Waals surface area contributed by atoms with Gasteiger partial charge in [-0.1, -0.05) is 93.7 Å². The number of aromatic nitrogens is 1. The van der Waals surface area contributed by atoms with Crippen molar-refractivity contribution < 1.29 is 4.52 Å². The maximum Gasteiger partial charge on any atom is 0.185 e. The highest BCUT2D eigenvalue weighted by molar-refractivity contribution is 8.14. The topological polar surface area (TPSA) is 50.4 Å². The van der Waals surface area contributed by atoms with Crippen LogP contribution in [0.5, 0.6) is 0 Å². The molecule has 0 saturated heterocycles. The standard InChI is InChI=1S/C21H18Cl3N3OS/c1-12-5-7-13(8-6-12)20-19(24)17(27-28-20)11-16(26-21-25-9-10-29-21)14-3-2-4-15(22)18(14)23/h2-8,16H,9-11H2,1H3,(H,25,26). The summed E-state index contributed by atoms with van der Waals surface area (Å²) in [6, 6.07) is 13.4. The Kier molecular flexibility index (Phi) is 6.40. The van der Waals surface area contributed by atoms with E-state index in [0.717, 1.165) is 28.6 Å². The van der Waals surface area contributed by atoms with E-state index in [2.05, 4.69) is 15.5 Å². The molecule has 1 N–H and O–H groups in total. The smallest absolute Gasteiger partial charge is 0.185 e. The van der Waals surface area contributed by atoms with E-state index in [1.54, 1.807) is 17.8 Å². The van der Waals surface area contributed by atoms with Gasteiger partial charge in [0.05, 0.1) is 22.6 Å². The predicted octanol–water partition coefficient (Wildman–Crippen LogP) is 6.59. The summed E-state index contributed by atoms with van der Waals surface area (Å²) >= 11 is 21.1. The van der Waals surface area contributed by atoms with Crippen molar-refractivity contribution in [3.05, 3.63) is 74.4 Å². The van der Waals surface area contributed by atoms with E-state index in [1.165, 1.54) is 5.56 Å². The van der Waals surface area contributed by atoms with Crippen LogP contribution in [0.4, 0.5) is 0 Å². The molecule has 2 heterocycles. The zero-order valence-electron chi connectivity index (χ0n) is 15.6. The molecule has 4 nitrogen and oxygen atoms in total. The molecular formula is C21H18Cl3N3OS. The number of aryl methyl sites for hydroxylation is 1. The van der Waals surface area contributed by atoms with Gasteiger partial charge in [-0.05, 0) is 18.6 Å². The maximum absolute atomic E-state index is 6.64. The Morgan fingerprint density at radius 3 is 2.62 bits per heavy atom. The Morgan fingerprint density at radius 2 is 1.90 bits per heavy atom. The fraction of sp³-hybridized carbons (Fsp3) is 0.238. The first kappa shape index (κ1) is 20.6. The lowest BCUT2D eigenvalue weighted by Gasteiger charge is -2.20. The summed E-state index contributed by atoms with van der Waals surface area (Å²) in [6.45, 7) is 2.83. The molecule has 1 aliphatic rings. The number of halogens is 3. The summed E-state index contributed by atoms with van der Waals surface area (Å²) in [6.07, 6.45) is 0.480. The van der Waals surface area contributed by atoms with Crippen LogP contribution in [0.1, 0.15) is 22.9 Å². The molecule has 1 aliphatic heterocycles. The van der Waals surface area contributed by atoms with Crippen molar-refractivity contribution >= 4 is 51.7 Å². The van der Waals surface area contributed by atoms with Gasteiger partial charge in [0, 0.05) is 17.7 Å². The van der Waals surface area contributed by atoms with E-state index in [-0.39, 0.29) is 6.04 Å². The summed E-state index contributed by atoms with van der Waals surface area (Å²) in [5.41, 5.74) is 3.57. The van der Waals surface area contributed by atoms with Crippen molar-refractivity contribution in [3.8, 4) is 11.3 Å². The molecule has 29 heavy (non-hydrogen) atoms. The van der Waals surface area contributed by atoms with Crippen LogP contribution in [0, 0.1) is 6.92 Å². The molecule has 0 amide bonds. The zero-order valence-corrected chi connectivity index (χ0v) is 18.7. The monoisotopic (exact) mass is 465 g/mol. The lowest BCUT2D eigenvalue weighted by Crippen LogP contribution is -2.27. The summed E-state index contributed by atoms with van der Waals surface area (Å²) in [7, 11) is 0. The van der Waals surface area contributed by atoms with Gasteiger partial charge >= 0.3 is 0 Å². The van der Waals surface area contributed by atoms with Gasteiger partial charge in [0.1, 0.15) is 10.7 Å². The maximum atomic E-state index is 6.64. The van der Waals surface area contributed by atoms with Crippen LogP contribution in [0.25, 0.3) is 11.3 Å². The Bertz CT molecular complexity index is 1050. The van der Waals surface area contributed by atoms with E-state index in [9.17, 15) is 0 Å². The Balaban J connectivity index is 1.65. The van der Waals surface area contributed by atoms with Crippen molar-refractivity contribution in [2.24, 2.45) is 4.99 Å². The molecule has 0 radical (unpaired) electrons. The van der Waals surface area contributed by atoms with E-state index < -0.39 is 0 Å². The molecule has 3 aromatic rings. The lowest BCUT2D eigenvalue weighted by molar-refractivity contribution is 0.419. The molecule has 1 aromatic heterocycles. The summed E-state index contributed by atoms with van der Waals surface area (Å²) in [5.74, 6) is 1.52. The van der Waals surface area contributed by atoms with Gasteiger partial charge in [-0.2, -0.15) is 0 Å². The van der Waals surface area contributed by atoms with Crippen LogP contribution in [0.15, 0.2) is 52.0 Å². The minimum absolute atomic E-state index is 0.195. The van der Waals surface area contributed by atoms with Gasteiger partial charge in [-0.25, -0.2) is 0 Å². The molecule has 0 saturated carbocycles. The van der Waals surface area contributed by atoms with Gasteiger partial charge in [-0.15, -0.1) is 0 Å². The Morgan fingerprint density at radius 1 is 1.10 bits per heavy atom. The SMILES string of the molecule is Cc1ccc(-c2onc(CC(NC3=NCCS3)c3cccc(Cl)c3Cl)c2Cl)cc1. The van der Waals surface area contributed by atoms with Crippen molar-refractivity contribution in [1.82, 2.24) is 10.5 Å². The second kappa shape index (κ2) is 9.00. The van der Waals surface area contributed by atoms with Crippen LogP contribution in [-0.2, 0) is 6.42 Å². The normalized spacial score (nSPS) is 14.7. The highest BCUT2D eigenvalue weighted by Gasteiger charge is 2.24. The minimum Gasteiger partial charge on any atom is -0.358 e. The number of thioether (sulfide) groups is 1. The van der Waals surface area contributed by atoms with Crippen molar-refractivity contribution in [3.63, 3.8) is 0 Å². The first-order valence-corrected chi connectivity index (χ1v) is 11.2. The number of hydrogen-bond donors (Lipinski definition) is 1. The largest absolute Gasteiger partial charge is 0.358 e. The second-order valence-electron chi connectivity index (χ2n) is 6.72. The number of hydrogen-bond acceptors (Lipinski definition) is 5.